The lowest BCUT2D eigenvalue weighted by atomic mass is 10.1. The average Bonchev–Trinajstić information content (AvgIpc) is 2.85. The van der Waals surface area contributed by atoms with Gasteiger partial charge in [-0.1, -0.05) is 18.2 Å². The van der Waals surface area contributed by atoms with Gasteiger partial charge in [0.15, 0.2) is 0 Å². The van der Waals surface area contributed by atoms with Gasteiger partial charge < -0.3 is 16.0 Å². The molecule has 3 N–H and O–H groups in total. The Labute approximate surface area is 111 Å². The Hall–Kier alpha value is -2.04. The second-order valence-electron chi connectivity index (χ2n) is 5.05. The van der Waals surface area contributed by atoms with Crippen LogP contribution in [0.2, 0.25) is 0 Å². The molecule has 2 amide bonds. The van der Waals surface area contributed by atoms with Crippen molar-refractivity contribution >= 4 is 17.5 Å². The quantitative estimate of drug-likeness (QED) is 0.721. The number of hydrogen-bond acceptors (Lipinski definition) is 3. The van der Waals surface area contributed by atoms with Gasteiger partial charge in [0.25, 0.3) is 0 Å². The zero-order chi connectivity index (χ0) is 13.2. The highest BCUT2D eigenvalue weighted by molar-refractivity contribution is 5.92. The predicted octanol–water partition coefficient (Wildman–Crippen LogP) is 0.418. The van der Waals surface area contributed by atoms with E-state index in [1.165, 1.54) is 0 Å². The van der Waals surface area contributed by atoms with Crippen molar-refractivity contribution in [1.82, 2.24) is 10.6 Å². The number of fused-ring (bicyclic) bond motifs is 1. The van der Waals surface area contributed by atoms with Crippen LogP contribution in [0, 0.1) is 0 Å². The SMILES string of the molecule is O=C1NCCCC1NC(=O)C1Cc2ccccc2N1. The summed E-state index contributed by atoms with van der Waals surface area (Å²) < 4.78 is 0. The van der Waals surface area contributed by atoms with Crippen molar-refractivity contribution in [3.63, 3.8) is 0 Å². The third-order valence-electron chi connectivity index (χ3n) is 3.69. The largest absolute Gasteiger partial charge is 0.373 e. The number of rotatable bonds is 2. The van der Waals surface area contributed by atoms with Gasteiger partial charge in [-0.15, -0.1) is 0 Å². The van der Waals surface area contributed by atoms with Crippen LogP contribution in [0.3, 0.4) is 0 Å². The highest BCUT2D eigenvalue weighted by Gasteiger charge is 2.30. The molecule has 2 unspecified atom stereocenters. The molecule has 5 heteroatoms. The molecule has 2 aliphatic heterocycles. The molecular weight excluding hydrogens is 242 g/mol. The maximum absolute atomic E-state index is 12.2. The van der Waals surface area contributed by atoms with Gasteiger partial charge in [-0.25, -0.2) is 0 Å². The Balaban J connectivity index is 1.62. The van der Waals surface area contributed by atoms with Crippen LogP contribution in [-0.4, -0.2) is 30.4 Å². The van der Waals surface area contributed by atoms with Crippen molar-refractivity contribution in [2.24, 2.45) is 0 Å². The van der Waals surface area contributed by atoms with Gasteiger partial charge in [-0.3, -0.25) is 9.59 Å². The van der Waals surface area contributed by atoms with E-state index in [4.69, 9.17) is 0 Å². The Morgan fingerprint density at radius 2 is 2.16 bits per heavy atom. The van der Waals surface area contributed by atoms with Crippen molar-refractivity contribution in [1.29, 1.82) is 0 Å². The molecule has 1 aromatic carbocycles. The van der Waals surface area contributed by atoms with Gasteiger partial charge in [0.2, 0.25) is 11.8 Å². The summed E-state index contributed by atoms with van der Waals surface area (Å²) in [4.78, 5) is 23.8. The second kappa shape index (κ2) is 4.91. The third-order valence-corrected chi connectivity index (χ3v) is 3.69. The summed E-state index contributed by atoms with van der Waals surface area (Å²) in [6, 6.07) is 7.24. The van der Waals surface area contributed by atoms with Gasteiger partial charge >= 0.3 is 0 Å². The molecule has 1 fully saturated rings. The molecule has 0 radical (unpaired) electrons. The Bertz CT molecular complexity index is 490. The fourth-order valence-electron chi connectivity index (χ4n) is 2.64. The maximum Gasteiger partial charge on any atom is 0.243 e. The number of anilines is 1. The summed E-state index contributed by atoms with van der Waals surface area (Å²) in [5.41, 5.74) is 2.16. The average molecular weight is 259 g/mol. The standard InChI is InChI=1S/C14H17N3O2/c18-13-11(6-3-7-15-13)17-14(19)12-8-9-4-1-2-5-10(9)16-12/h1-2,4-5,11-12,16H,3,6-8H2,(H,15,18)(H,17,19). The van der Waals surface area contributed by atoms with Gasteiger partial charge in [0.1, 0.15) is 12.1 Å². The molecule has 2 atom stereocenters. The fourth-order valence-corrected chi connectivity index (χ4v) is 2.64. The summed E-state index contributed by atoms with van der Waals surface area (Å²) in [7, 11) is 0. The second-order valence-corrected chi connectivity index (χ2v) is 5.05. The van der Waals surface area contributed by atoms with Crippen LogP contribution in [0.1, 0.15) is 18.4 Å². The minimum absolute atomic E-state index is 0.0740. The molecule has 100 valence electrons. The first-order valence-electron chi connectivity index (χ1n) is 6.66. The third kappa shape index (κ3) is 2.41. The zero-order valence-corrected chi connectivity index (χ0v) is 10.6. The number of amides is 2. The number of carbonyl (C=O) groups excluding carboxylic acids is 2. The van der Waals surface area contributed by atoms with Crippen molar-refractivity contribution in [2.45, 2.75) is 31.3 Å². The predicted molar refractivity (Wildman–Crippen MR) is 71.7 cm³/mol. The van der Waals surface area contributed by atoms with Crippen LogP contribution in [0.15, 0.2) is 24.3 Å². The molecule has 0 aliphatic carbocycles. The number of carbonyl (C=O) groups is 2. The minimum atomic E-state index is -0.383. The minimum Gasteiger partial charge on any atom is -0.373 e. The Kier molecular flexibility index (Phi) is 3.11. The van der Waals surface area contributed by atoms with Gasteiger partial charge in [-0.2, -0.15) is 0 Å². The van der Waals surface area contributed by atoms with E-state index in [0.717, 1.165) is 24.1 Å². The van der Waals surface area contributed by atoms with Gasteiger partial charge in [0, 0.05) is 18.7 Å². The molecule has 19 heavy (non-hydrogen) atoms. The normalized spacial score (nSPS) is 25.2. The number of hydrogen-bond donors (Lipinski definition) is 3. The number of benzene rings is 1. The number of piperidine rings is 1. The first kappa shape index (κ1) is 12.0. The summed E-state index contributed by atoms with van der Waals surface area (Å²) in [6.45, 7) is 0.707. The highest BCUT2D eigenvalue weighted by Crippen LogP contribution is 2.25. The molecule has 2 aliphatic rings. The lowest BCUT2D eigenvalue weighted by Crippen LogP contribution is -2.53. The molecule has 0 saturated carbocycles. The van der Waals surface area contributed by atoms with Crippen LogP contribution in [0.4, 0.5) is 5.69 Å². The van der Waals surface area contributed by atoms with Crippen molar-refractivity contribution in [3.8, 4) is 0 Å². The zero-order valence-electron chi connectivity index (χ0n) is 10.6. The van der Waals surface area contributed by atoms with E-state index in [1.54, 1.807) is 0 Å². The van der Waals surface area contributed by atoms with E-state index in [-0.39, 0.29) is 23.9 Å². The topological polar surface area (TPSA) is 70.2 Å². The lowest BCUT2D eigenvalue weighted by molar-refractivity contribution is -0.130. The smallest absolute Gasteiger partial charge is 0.243 e. The molecule has 0 aromatic heterocycles. The van der Waals surface area contributed by atoms with Gasteiger partial charge in [-0.05, 0) is 24.5 Å². The molecule has 0 bridgehead atoms. The van der Waals surface area contributed by atoms with Crippen molar-refractivity contribution < 1.29 is 9.59 Å². The van der Waals surface area contributed by atoms with Crippen LogP contribution in [-0.2, 0) is 16.0 Å². The highest BCUT2D eigenvalue weighted by atomic mass is 16.2. The molecule has 1 saturated heterocycles. The van der Waals surface area contributed by atoms with Gasteiger partial charge in [0.05, 0.1) is 0 Å². The summed E-state index contributed by atoms with van der Waals surface area (Å²) in [5, 5.41) is 8.80. The van der Waals surface area contributed by atoms with E-state index in [2.05, 4.69) is 16.0 Å². The van der Waals surface area contributed by atoms with E-state index >= 15 is 0 Å². The maximum atomic E-state index is 12.2. The molecule has 3 rings (SSSR count). The summed E-state index contributed by atoms with van der Waals surface area (Å²) in [5.74, 6) is -0.173. The van der Waals surface area contributed by atoms with Crippen LogP contribution >= 0.6 is 0 Å². The van der Waals surface area contributed by atoms with Crippen molar-refractivity contribution in [3.05, 3.63) is 29.8 Å². The number of nitrogens with one attached hydrogen (secondary N) is 3. The van der Waals surface area contributed by atoms with Crippen LogP contribution in [0.5, 0.6) is 0 Å². The molecule has 5 nitrogen and oxygen atoms in total. The molecule has 1 aromatic rings. The first-order chi connectivity index (χ1) is 9.24. The lowest BCUT2D eigenvalue weighted by Gasteiger charge is -2.24. The van der Waals surface area contributed by atoms with Crippen LogP contribution in [0.25, 0.3) is 0 Å². The van der Waals surface area contributed by atoms with E-state index in [1.807, 2.05) is 24.3 Å². The van der Waals surface area contributed by atoms with E-state index in [0.29, 0.717) is 13.0 Å². The molecule has 0 spiro atoms. The summed E-state index contributed by atoms with van der Waals surface area (Å²) >= 11 is 0. The fraction of sp³-hybridized carbons (Fsp3) is 0.429. The first-order valence-corrected chi connectivity index (χ1v) is 6.66. The Morgan fingerprint density at radius 1 is 1.32 bits per heavy atom. The monoisotopic (exact) mass is 259 g/mol. The van der Waals surface area contributed by atoms with E-state index < -0.39 is 0 Å². The van der Waals surface area contributed by atoms with Crippen molar-refractivity contribution in [2.75, 3.05) is 11.9 Å². The van der Waals surface area contributed by atoms with E-state index in [9.17, 15) is 9.59 Å². The molecular formula is C14H17N3O2. The molecule has 2 heterocycles. The van der Waals surface area contributed by atoms with Crippen LogP contribution < -0.4 is 16.0 Å². The Morgan fingerprint density at radius 3 is 2.95 bits per heavy atom. The number of para-hydroxylation sites is 1. The summed E-state index contributed by atoms with van der Waals surface area (Å²) in [6.07, 6.45) is 2.31.